The Balaban J connectivity index is 3.03. The van der Waals surface area contributed by atoms with E-state index in [1.165, 1.54) is 10.3 Å². The van der Waals surface area contributed by atoms with E-state index in [4.69, 9.17) is 5.73 Å². The predicted octanol–water partition coefficient (Wildman–Crippen LogP) is -0.605. The Kier molecular flexibility index (Phi) is 1.34. The van der Waals surface area contributed by atoms with Crippen molar-refractivity contribution in [3.63, 3.8) is 0 Å². The summed E-state index contributed by atoms with van der Waals surface area (Å²) in [6.07, 6.45) is 1.38. The summed E-state index contributed by atoms with van der Waals surface area (Å²) in [6.45, 7) is 0. The van der Waals surface area contributed by atoms with E-state index >= 15 is 0 Å². The number of hydrogen-bond donors (Lipinski definition) is 3. The number of rotatable bonds is 0. The quantitative estimate of drug-likeness (QED) is 0.475. The highest BCUT2D eigenvalue weighted by atomic mass is 32.1. The largest absolute Gasteiger partial charge is 0.369 e. The zero-order chi connectivity index (χ0) is 8.72. The fraction of sp³-hybridized carbons (Fsp3) is 0. The smallest absolute Gasteiger partial charge is 0.280 e. The fourth-order valence-electron chi connectivity index (χ4n) is 0.915. The lowest BCUT2D eigenvalue weighted by molar-refractivity contribution is 1.16. The van der Waals surface area contributed by atoms with Crippen molar-refractivity contribution in [2.45, 2.75) is 0 Å². The standard InChI is InChI=1S/C5H5N5OS/c6-5-8-3-2(4(11)9-5)7-1-10(3)12/h1,12H,(H3,6,8,9,11). The van der Waals surface area contributed by atoms with Crippen LogP contribution in [-0.4, -0.2) is 18.9 Å². The van der Waals surface area contributed by atoms with Gasteiger partial charge in [-0.25, -0.2) is 4.98 Å². The summed E-state index contributed by atoms with van der Waals surface area (Å²) in [5.74, 6) is 0.0586. The third-order valence-electron chi connectivity index (χ3n) is 1.41. The van der Waals surface area contributed by atoms with Gasteiger partial charge < -0.3 is 5.73 Å². The molecule has 0 bridgehead atoms. The number of nitrogens with one attached hydrogen (secondary N) is 1. The van der Waals surface area contributed by atoms with Gasteiger partial charge in [0.15, 0.2) is 11.2 Å². The van der Waals surface area contributed by atoms with Crippen molar-refractivity contribution in [1.82, 2.24) is 18.9 Å². The van der Waals surface area contributed by atoms with Crippen LogP contribution in [0.25, 0.3) is 11.2 Å². The van der Waals surface area contributed by atoms with Crippen molar-refractivity contribution in [2.24, 2.45) is 0 Å². The van der Waals surface area contributed by atoms with Crippen LogP contribution in [-0.2, 0) is 0 Å². The molecule has 0 unspecified atom stereocenters. The molecule has 0 atom stereocenters. The highest BCUT2D eigenvalue weighted by Crippen LogP contribution is 2.06. The van der Waals surface area contributed by atoms with E-state index in [9.17, 15) is 4.79 Å². The molecule has 0 aliphatic carbocycles. The maximum absolute atomic E-state index is 11.1. The second-order valence-electron chi connectivity index (χ2n) is 2.21. The number of aromatic nitrogens is 4. The first kappa shape index (κ1) is 7.17. The number of nitrogens with zero attached hydrogens (tertiary/aromatic N) is 3. The Bertz CT molecular complexity index is 486. The molecule has 2 aromatic heterocycles. The molecular formula is C5H5N5OS. The molecule has 2 aromatic rings. The average molecular weight is 183 g/mol. The van der Waals surface area contributed by atoms with Gasteiger partial charge >= 0.3 is 0 Å². The Labute approximate surface area is 72.0 Å². The lowest BCUT2D eigenvalue weighted by Gasteiger charge is -1.92. The van der Waals surface area contributed by atoms with E-state index in [1.54, 1.807) is 0 Å². The lowest BCUT2D eigenvalue weighted by Crippen LogP contribution is -2.11. The molecule has 0 fully saturated rings. The van der Waals surface area contributed by atoms with Crippen molar-refractivity contribution in [3.8, 4) is 0 Å². The number of nitrogens with two attached hydrogens (primary N) is 1. The van der Waals surface area contributed by atoms with E-state index in [2.05, 4.69) is 27.8 Å². The number of imidazole rings is 1. The summed E-state index contributed by atoms with van der Waals surface area (Å²) in [4.78, 5) is 21.1. The maximum Gasteiger partial charge on any atom is 0.280 e. The number of H-pyrrole nitrogens is 1. The van der Waals surface area contributed by atoms with Crippen LogP contribution in [0.1, 0.15) is 0 Å². The Morgan fingerprint density at radius 3 is 3.17 bits per heavy atom. The topological polar surface area (TPSA) is 89.6 Å². The van der Waals surface area contributed by atoms with Gasteiger partial charge in [0.2, 0.25) is 5.95 Å². The summed E-state index contributed by atoms with van der Waals surface area (Å²) < 4.78 is 1.33. The first-order valence-electron chi connectivity index (χ1n) is 3.10. The number of aromatic amines is 1. The maximum atomic E-state index is 11.1. The first-order valence-corrected chi connectivity index (χ1v) is 3.50. The summed E-state index contributed by atoms with van der Waals surface area (Å²) in [7, 11) is 0. The molecule has 6 nitrogen and oxygen atoms in total. The van der Waals surface area contributed by atoms with Crippen LogP contribution >= 0.6 is 12.8 Å². The van der Waals surface area contributed by atoms with Crippen LogP contribution in [0.15, 0.2) is 11.1 Å². The van der Waals surface area contributed by atoms with Gasteiger partial charge in [-0.3, -0.25) is 13.8 Å². The van der Waals surface area contributed by atoms with Crippen LogP contribution in [0.3, 0.4) is 0 Å². The van der Waals surface area contributed by atoms with Gasteiger partial charge in [0.25, 0.3) is 5.56 Å². The van der Waals surface area contributed by atoms with Crippen LogP contribution in [0.2, 0.25) is 0 Å². The molecule has 0 spiro atoms. The molecule has 0 aromatic carbocycles. The van der Waals surface area contributed by atoms with Crippen molar-refractivity contribution in [1.29, 1.82) is 0 Å². The van der Waals surface area contributed by atoms with Gasteiger partial charge in [-0.2, -0.15) is 4.98 Å². The number of nitrogen functional groups attached to an aromatic ring is 1. The van der Waals surface area contributed by atoms with E-state index in [0.717, 1.165) is 0 Å². The van der Waals surface area contributed by atoms with Gasteiger partial charge in [0, 0.05) is 0 Å². The minimum Gasteiger partial charge on any atom is -0.369 e. The lowest BCUT2D eigenvalue weighted by atomic mass is 10.5. The van der Waals surface area contributed by atoms with E-state index in [-0.39, 0.29) is 17.0 Å². The molecule has 62 valence electrons. The first-order chi connectivity index (χ1) is 5.68. The van der Waals surface area contributed by atoms with Crippen molar-refractivity contribution < 1.29 is 0 Å². The van der Waals surface area contributed by atoms with E-state index < -0.39 is 0 Å². The highest BCUT2D eigenvalue weighted by Gasteiger charge is 2.06. The third-order valence-corrected chi connectivity index (χ3v) is 1.70. The highest BCUT2D eigenvalue weighted by molar-refractivity contribution is 7.78. The van der Waals surface area contributed by atoms with Gasteiger partial charge in [-0.15, -0.1) is 0 Å². The molecule has 0 amide bonds. The summed E-state index contributed by atoms with van der Waals surface area (Å²) in [6, 6.07) is 0. The normalized spacial score (nSPS) is 10.8. The van der Waals surface area contributed by atoms with Crippen molar-refractivity contribution in [3.05, 3.63) is 16.7 Å². The van der Waals surface area contributed by atoms with Gasteiger partial charge in [0.05, 0.1) is 0 Å². The van der Waals surface area contributed by atoms with Crippen LogP contribution < -0.4 is 11.3 Å². The SMILES string of the molecule is Nc1nc2c(ncn2S)c(=O)[nH]1. The second-order valence-corrected chi connectivity index (χ2v) is 2.64. The minimum atomic E-state index is -0.356. The summed E-state index contributed by atoms with van der Waals surface area (Å²) in [5, 5.41) is 0. The monoisotopic (exact) mass is 183 g/mol. The number of hydrogen-bond acceptors (Lipinski definition) is 5. The molecule has 7 heteroatoms. The molecule has 0 saturated carbocycles. The van der Waals surface area contributed by atoms with Crippen LogP contribution in [0.4, 0.5) is 5.95 Å². The van der Waals surface area contributed by atoms with Crippen LogP contribution in [0.5, 0.6) is 0 Å². The molecule has 12 heavy (non-hydrogen) atoms. The average Bonchev–Trinajstić information content (AvgIpc) is 2.33. The molecule has 3 N–H and O–H groups in total. The Hall–Kier alpha value is -1.50. The van der Waals surface area contributed by atoms with E-state index in [0.29, 0.717) is 5.65 Å². The molecular weight excluding hydrogens is 178 g/mol. The summed E-state index contributed by atoms with van der Waals surface area (Å²) >= 11 is 3.98. The molecule has 2 heterocycles. The number of fused-ring (bicyclic) bond motifs is 1. The van der Waals surface area contributed by atoms with Crippen LogP contribution in [0, 0.1) is 0 Å². The zero-order valence-electron chi connectivity index (χ0n) is 5.85. The zero-order valence-corrected chi connectivity index (χ0v) is 6.75. The van der Waals surface area contributed by atoms with Crippen molar-refractivity contribution in [2.75, 3.05) is 5.73 Å². The second kappa shape index (κ2) is 2.24. The molecule has 0 aliphatic heterocycles. The molecule has 0 radical (unpaired) electrons. The number of thiol groups is 1. The predicted molar refractivity (Wildman–Crippen MR) is 46.9 cm³/mol. The molecule has 2 rings (SSSR count). The fourth-order valence-corrected chi connectivity index (χ4v) is 1.11. The molecule has 0 saturated heterocycles. The Morgan fingerprint density at radius 1 is 1.67 bits per heavy atom. The summed E-state index contributed by atoms with van der Waals surface area (Å²) in [5.41, 5.74) is 5.55. The van der Waals surface area contributed by atoms with Gasteiger partial charge in [0.1, 0.15) is 6.33 Å². The number of anilines is 1. The van der Waals surface area contributed by atoms with Crippen molar-refractivity contribution >= 4 is 29.9 Å². The van der Waals surface area contributed by atoms with Gasteiger partial charge in [-0.05, 0) is 0 Å². The Morgan fingerprint density at radius 2 is 2.42 bits per heavy atom. The third kappa shape index (κ3) is 0.866. The minimum absolute atomic E-state index is 0.0586. The van der Waals surface area contributed by atoms with Gasteiger partial charge in [-0.1, -0.05) is 12.8 Å². The van der Waals surface area contributed by atoms with E-state index in [1.807, 2.05) is 0 Å². The molecule has 0 aliphatic rings.